The van der Waals surface area contributed by atoms with Crippen LogP contribution in [0.15, 0.2) is 219 Å². The second kappa shape index (κ2) is 42.2. The molecule has 0 saturated heterocycles. The predicted octanol–water partition coefficient (Wildman–Crippen LogP) is 13.2. The van der Waals surface area contributed by atoms with Crippen LogP contribution in [0.5, 0.6) is 0 Å². The fourth-order valence-corrected chi connectivity index (χ4v) is 10.4. The van der Waals surface area contributed by atoms with E-state index in [0.717, 1.165) is 22.8 Å². The van der Waals surface area contributed by atoms with E-state index in [0.29, 0.717) is 0 Å². The van der Waals surface area contributed by atoms with Gasteiger partial charge in [0.1, 0.15) is 5.82 Å². The van der Waals surface area contributed by atoms with E-state index in [1.165, 1.54) is 21.2 Å². The van der Waals surface area contributed by atoms with Gasteiger partial charge >= 0.3 is 64.3 Å². The molecule has 0 fully saturated rings. The third-order valence-corrected chi connectivity index (χ3v) is 17.8. The normalized spacial score (nSPS) is 10.9. The Morgan fingerprint density at radius 1 is 0.265 bits per heavy atom. The summed E-state index contributed by atoms with van der Waals surface area (Å²) in [6.07, 6.45) is -12.3. The number of hydrogen-bond acceptors (Lipinski definition) is 12. The van der Waals surface area contributed by atoms with E-state index in [1.54, 1.807) is 24.8 Å². The molecule has 0 aliphatic heterocycles. The summed E-state index contributed by atoms with van der Waals surface area (Å²) in [5.41, 5.74) is 3.66. The molecule has 16 nitrogen and oxygen atoms in total. The van der Waals surface area contributed by atoms with Gasteiger partial charge in [-0.05, 0) is 103 Å². The van der Waals surface area contributed by atoms with Crippen LogP contribution in [0.1, 0.15) is 23.3 Å². The summed E-state index contributed by atoms with van der Waals surface area (Å²) >= 11 is 0. The number of aromatic nitrogens is 16. The van der Waals surface area contributed by atoms with Crippen molar-refractivity contribution in [1.29, 1.82) is 0 Å². The summed E-state index contributed by atoms with van der Waals surface area (Å²) < 4.78 is 145. The Hall–Kier alpha value is -7.81. The second-order valence-corrected chi connectivity index (χ2v) is 30.5. The Morgan fingerprint density at radius 2 is 0.500 bits per heavy atom. The van der Waals surface area contributed by atoms with Crippen LogP contribution >= 0.6 is 31.7 Å². The number of pyridine rings is 4. The second-order valence-electron chi connectivity index (χ2n) is 20.2. The Balaban J connectivity index is 0.000000295. The van der Waals surface area contributed by atoms with Gasteiger partial charge in [-0.15, -0.1) is 0 Å². The number of hydrogen-bond donors (Lipinski definition) is 0. The molecular weight excluding hydrogens is 1730 g/mol. The van der Waals surface area contributed by atoms with Gasteiger partial charge in [0, 0.05) is 73.9 Å². The van der Waals surface area contributed by atoms with Crippen molar-refractivity contribution in [3.05, 3.63) is 242 Å². The van der Waals surface area contributed by atoms with E-state index in [1.807, 2.05) is 72.8 Å². The van der Waals surface area contributed by atoms with Gasteiger partial charge in [0.25, 0.3) is 0 Å². The summed E-state index contributed by atoms with van der Waals surface area (Å²) in [5.74, 6) is -9.44. The largest absolute Gasteiger partial charge is 2.00 e. The van der Waals surface area contributed by atoms with Crippen LogP contribution in [0.25, 0.3) is 46.1 Å². The molecule has 0 saturated carbocycles. The molecule has 0 unspecified atom stereocenters. The minimum absolute atomic E-state index is 0. The first kappa shape index (κ1) is 84.4. The fourth-order valence-electron chi connectivity index (χ4n) is 6.96. The molecule has 4 aromatic carbocycles. The molecule has 8 heterocycles. The molecule has 0 bridgehead atoms. The molecular formula is C64H64F12N16Os2P4+4. The number of halogens is 12. The average Bonchev–Trinajstić information content (AvgIpc) is 1.68. The fraction of sp³-hybridized carbons (Fsp3) is 0.188. The van der Waals surface area contributed by atoms with E-state index >= 15 is 0 Å². The van der Waals surface area contributed by atoms with Crippen molar-refractivity contribution in [2.75, 3.05) is 53.3 Å². The van der Waals surface area contributed by atoms with Crippen molar-refractivity contribution in [3.63, 3.8) is 0 Å². The van der Waals surface area contributed by atoms with Crippen molar-refractivity contribution in [2.24, 2.45) is 0 Å². The molecule has 516 valence electrons. The smallest absolute Gasteiger partial charge is 0.415 e. The van der Waals surface area contributed by atoms with Crippen molar-refractivity contribution in [1.82, 2.24) is 80.7 Å². The summed E-state index contributed by atoms with van der Waals surface area (Å²) in [6, 6.07) is 65.9. The standard InChI is InChI=1S/2C10H8N2.4C8H11P.2C6F6N6.2Os/c2*1-3-7-11-9(5-1)10-6-2-4-8-12-10;4*1-9(2)8-6-4-3-5-7-8;2*7-5(8,9)3-13-1(15-17-3)2-14-4(18-16-2)6(10,11)12;;/h2*1-8H;4*3-7H,1-2H3;;;;/q;;;;;;2*-2;2*+2/p+4. The number of benzene rings is 4. The van der Waals surface area contributed by atoms with Gasteiger partial charge in [-0.3, -0.25) is 40.3 Å². The van der Waals surface area contributed by atoms with E-state index in [-0.39, 0.29) is 71.3 Å². The molecule has 0 aliphatic rings. The first-order chi connectivity index (χ1) is 45.5. The zero-order chi connectivity index (χ0) is 70.3. The molecule has 0 aliphatic carbocycles. The van der Waals surface area contributed by atoms with Gasteiger partial charge in [-0.2, -0.15) is 52.7 Å². The Kier molecular flexibility index (Phi) is 36.4. The van der Waals surface area contributed by atoms with Crippen LogP contribution in [0.4, 0.5) is 52.7 Å². The van der Waals surface area contributed by atoms with E-state index in [2.05, 4.69) is 255 Å². The maximum Gasteiger partial charge on any atom is 2.00 e. The molecule has 98 heavy (non-hydrogen) atoms. The van der Waals surface area contributed by atoms with E-state index in [4.69, 9.17) is 0 Å². The summed E-state index contributed by atoms with van der Waals surface area (Å²) in [6.45, 7) is 18.4. The first-order valence-corrected chi connectivity index (χ1v) is 38.4. The Morgan fingerprint density at radius 3 is 0.684 bits per heavy atom. The van der Waals surface area contributed by atoms with Gasteiger partial charge in [-0.1, -0.05) is 97.1 Å². The number of nitrogens with zero attached hydrogens (tertiary/aromatic N) is 16. The summed E-state index contributed by atoms with van der Waals surface area (Å²) in [4.78, 5) is 28.2. The predicted molar refractivity (Wildman–Crippen MR) is 359 cm³/mol. The third-order valence-electron chi connectivity index (χ3n) is 11.8. The van der Waals surface area contributed by atoms with Crippen LogP contribution in [-0.2, 0) is 64.3 Å². The van der Waals surface area contributed by atoms with Crippen LogP contribution in [0.2, 0.25) is 0 Å². The van der Waals surface area contributed by atoms with E-state index in [9.17, 15) is 52.7 Å². The molecule has 0 N–H and O–H groups in total. The first-order valence-electron chi connectivity index (χ1n) is 28.4. The van der Waals surface area contributed by atoms with Gasteiger partial charge in [-0.25, -0.2) is 0 Å². The number of alkyl halides is 12. The van der Waals surface area contributed by atoms with Crippen LogP contribution < -0.4 is 41.6 Å². The molecule has 8 aromatic heterocycles. The zero-order valence-corrected chi connectivity index (χ0v) is 62.3. The molecule has 0 atom stereocenters. The Labute approximate surface area is 588 Å². The molecule has 12 rings (SSSR count). The maximum atomic E-state index is 12.1. The van der Waals surface area contributed by atoms with E-state index < -0.39 is 71.3 Å². The van der Waals surface area contributed by atoms with Gasteiger partial charge < -0.3 is 40.3 Å². The molecule has 0 amide bonds. The topological polar surface area (TPSA) is 211 Å². The molecule has 12 aromatic rings. The molecule has 0 radical (unpaired) electrons. The maximum absolute atomic E-state index is 12.1. The van der Waals surface area contributed by atoms with Crippen molar-refractivity contribution in [3.8, 4) is 46.1 Å². The summed E-state index contributed by atoms with van der Waals surface area (Å²) in [7, 11) is -0.849. The van der Waals surface area contributed by atoms with Crippen molar-refractivity contribution >= 4 is 52.9 Å². The third kappa shape index (κ3) is 30.5. The molecule has 0 spiro atoms. The van der Waals surface area contributed by atoms with Crippen LogP contribution in [0, 0.1) is 0 Å². The zero-order valence-electron chi connectivity index (χ0n) is 53.2. The SMILES string of the molecule is C[PH+](C)c1ccccc1.C[PH+](C)c1ccccc1.C[PH+](C)c1ccccc1.C[PH+](C)c1ccccc1.FC(F)(F)c1n[n-]c(-c2n[n-]c(C(F)(F)F)n2)n1.FC(F)(F)c1nc(-c2n[n-]c(C(F)(F)F)n2)n[n-]1.[Os+2].[Os+2].c1ccc(-c2ccccn2)nc1.c1ccc(-c2ccccn2)nc1. The van der Waals surface area contributed by atoms with Crippen molar-refractivity contribution < 1.29 is 92.3 Å². The Bertz CT molecular complexity index is 3510. The van der Waals surface area contributed by atoms with Gasteiger partial charge in [0.2, 0.25) is 0 Å². The monoisotopic (exact) mass is 1790 g/mol. The minimum Gasteiger partial charge on any atom is -0.415 e. The van der Waals surface area contributed by atoms with Crippen LogP contribution in [0.3, 0.4) is 0 Å². The average molecular weight is 1790 g/mol. The van der Waals surface area contributed by atoms with Gasteiger partial charge in [0.15, 0.2) is 0 Å². The summed E-state index contributed by atoms with van der Waals surface area (Å²) in [5, 5.41) is 28.4. The van der Waals surface area contributed by atoms with Crippen molar-refractivity contribution in [2.45, 2.75) is 24.7 Å². The van der Waals surface area contributed by atoms with Gasteiger partial charge in [0.05, 0.1) is 115 Å². The number of rotatable bonds is 8. The van der Waals surface area contributed by atoms with Crippen LogP contribution in [-0.4, -0.2) is 114 Å². The quantitative estimate of drug-likeness (QED) is 0.102. The minimum atomic E-state index is -4.85. The molecule has 34 heteroatoms.